The van der Waals surface area contributed by atoms with Gasteiger partial charge in [0.05, 0.1) is 18.6 Å². The summed E-state index contributed by atoms with van der Waals surface area (Å²) in [5.41, 5.74) is 0. The van der Waals surface area contributed by atoms with E-state index < -0.39 is 0 Å². The van der Waals surface area contributed by atoms with E-state index in [0.717, 1.165) is 0 Å². The highest BCUT2D eigenvalue weighted by Crippen LogP contribution is 2.01. The average molecular weight is 246 g/mol. The average Bonchev–Trinajstić information content (AvgIpc) is 2.21. The van der Waals surface area contributed by atoms with Crippen molar-refractivity contribution < 1.29 is 23.8 Å². The van der Waals surface area contributed by atoms with E-state index in [0.29, 0.717) is 6.61 Å². The molecule has 0 saturated carbocycles. The summed E-state index contributed by atoms with van der Waals surface area (Å²) in [6.45, 7) is 8.95. The molecule has 5 heteroatoms. The lowest BCUT2D eigenvalue weighted by molar-refractivity contribution is -0.154. The largest absolute Gasteiger partial charge is 0.463 e. The SMILES string of the molecule is CC(=O)OC(C)COC(C)COC(=O)C(C)C. The van der Waals surface area contributed by atoms with Gasteiger partial charge in [0.1, 0.15) is 12.7 Å². The number of hydrogen-bond acceptors (Lipinski definition) is 5. The molecule has 0 aromatic heterocycles. The minimum atomic E-state index is -0.333. The van der Waals surface area contributed by atoms with Crippen molar-refractivity contribution in [3.8, 4) is 0 Å². The molecule has 0 radical (unpaired) electrons. The van der Waals surface area contributed by atoms with Gasteiger partial charge in [0.25, 0.3) is 0 Å². The van der Waals surface area contributed by atoms with Crippen LogP contribution in [-0.4, -0.2) is 37.4 Å². The standard InChI is InChI=1S/C12H22O5/c1-8(2)12(14)16-6-9(3)15-7-10(4)17-11(5)13/h8-10H,6-7H2,1-5H3. The lowest BCUT2D eigenvalue weighted by atomic mass is 10.2. The van der Waals surface area contributed by atoms with Gasteiger partial charge < -0.3 is 14.2 Å². The summed E-state index contributed by atoms with van der Waals surface area (Å²) < 4.78 is 15.3. The van der Waals surface area contributed by atoms with Gasteiger partial charge in [0, 0.05) is 6.92 Å². The Morgan fingerprint density at radius 3 is 2.06 bits per heavy atom. The minimum Gasteiger partial charge on any atom is -0.463 e. The molecule has 0 bridgehead atoms. The van der Waals surface area contributed by atoms with Crippen LogP contribution in [0.4, 0.5) is 0 Å². The fraction of sp³-hybridized carbons (Fsp3) is 0.833. The van der Waals surface area contributed by atoms with Crippen LogP contribution >= 0.6 is 0 Å². The highest BCUT2D eigenvalue weighted by Gasteiger charge is 2.13. The van der Waals surface area contributed by atoms with Crippen molar-refractivity contribution in [3.63, 3.8) is 0 Å². The maximum Gasteiger partial charge on any atom is 0.308 e. The third-order valence-electron chi connectivity index (χ3n) is 1.91. The summed E-state index contributed by atoms with van der Waals surface area (Å²) in [5.74, 6) is -0.712. The van der Waals surface area contributed by atoms with E-state index in [2.05, 4.69) is 0 Å². The van der Waals surface area contributed by atoms with E-state index >= 15 is 0 Å². The maximum absolute atomic E-state index is 11.2. The number of carbonyl (C=O) groups excluding carboxylic acids is 2. The normalized spacial score (nSPS) is 14.2. The molecule has 0 amide bonds. The molecule has 0 aliphatic heterocycles. The van der Waals surface area contributed by atoms with Crippen LogP contribution in [0.25, 0.3) is 0 Å². The van der Waals surface area contributed by atoms with Crippen molar-refractivity contribution in [2.75, 3.05) is 13.2 Å². The van der Waals surface area contributed by atoms with Crippen LogP contribution in [0.1, 0.15) is 34.6 Å². The van der Waals surface area contributed by atoms with E-state index in [4.69, 9.17) is 14.2 Å². The molecule has 2 unspecified atom stereocenters. The van der Waals surface area contributed by atoms with Crippen molar-refractivity contribution in [3.05, 3.63) is 0 Å². The van der Waals surface area contributed by atoms with Crippen LogP contribution < -0.4 is 0 Å². The summed E-state index contributed by atoms with van der Waals surface area (Å²) in [4.78, 5) is 21.8. The van der Waals surface area contributed by atoms with Crippen LogP contribution in [0.5, 0.6) is 0 Å². The highest BCUT2D eigenvalue weighted by atomic mass is 16.6. The molecule has 5 nitrogen and oxygen atoms in total. The Hall–Kier alpha value is -1.10. The number of hydrogen-bond donors (Lipinski definition) is 0. The van der Waals surface area contributed by atoms with Crippen molar-refractivity contribution >= 4 is 11.9 Å². The van der Waals surface area contributed by atoms with Crippen molar-refractivity contribution in [1.82, 2.24) is 0 Å². The first-order valence-corrected chi connectivity index (χ1v) is 5.78. The first-order chi connectivity index (χ1) is 7.82. The zero-order valence-corrected chi connectivity index (χ0v) is 11.2. The summed E-state index contributed by atoms with van der Waals surface area (Å²) in [6, 6.07) is 0. The molecule has 0 fully saturated rings. The third-order valence-corrected chi connectivity index (χ3v) is 1.91. The summed E-state index contributed by atoms with van der Waals surface area (Å²) >= 11 is 0. The number of carbonyl (C=O) groups is 2. The lowest BCUT2D eigenvalue weighted by Gasteiger charge is -2.17. The monoisotopic (exact) mass is 246 g/mol. The zero-order chi connectivity index (χ0) is 13.4. The molecule has 0 rings (SSSR count). The summed E-state index contributed by atoms with van der Waals surface area (Å²) in [7, 11) is 0. The predicted molar refractivity (Wildman–Crippen MR) is 62.4 cm³/mol. The van der Waals surface area contributed by atoms with Gasteiger partial charge in [0.2, 0.25) is 0 Å². The van der Waals surface area contributed by atoms with Crippen LogP contribution in [0.3, 0.4) is 0 Å². The quantitative estimate of drug-likeness (QED) is 0.638. The molecule has 0 spiro atoms. The smallest absolute Gasteiger partial charge is 0.308 e. The molecule has 2 atom stereocenters. The van der Waals surface area contributed by atoms with Gasteiger partial charge in [-0.15, -0.1) is 0 Å². The first kappa shape index (κ1) is 15.9. The summed E-state index contributed by atoms with van der Waals surface area (Å²) in [6.07, 6.45) is -0.508. The Morgan fingerprint density at radius 2 is 1.59 bits per heavy atom. The fourth-order valence-corrected chi connectivity index (χ4v) is 1.03. The molecule has 17 heavy (non-hydrogen) atoms. The van der Waals surface area contributed by atoms with Crippen molar-refractivity contribution in [1.29, 1.82) is 0 Å². The van der Waals surface area contributed by atoms with Crippen LogP contribution in [0, 0.1) is 5.92 Å². The van der Waals surface area contributed by atoms with E-state index in [9.17, 15) is 9.59 Å². The number of rotatable bonds is 7. The second-order valence-corrected chi connectivity index (χ2v) is 4.35. The Labute approximate surface area is 102 Å². The molecular weight excluding hydrogens is 224 g/mol. The molecule has 100 valence electrons. The van der Waals surface area contributed by atoms with Gasteiger partial charge in [0.15, 0.2) is 0 Å². The number of ether oxygens (including phenoxy) is 3. The van der Waals surface area contributed by atoms with Gasteiger partial charge >= 0.3 is 11.9 Å². The lowest BCUT2D eigenvalue weighted by Crippen LogP contribution is -2.26. The second-order valence-electron chi connectivity index (χ2n) is 4.35. The van der Waals surface area contributed by atoms with Gasteiger partial charge in [-0.05, 0) is 13.8 Å². The molecule has 0 saturated heterocycles. The van der Waals surface area contributed by atoms with Crippen LogP contribution in [0.15, 0.2) is 0 Å². The Morgan fingerprint density at radius 1 is 1.00 bits per heavy atom. The van der Waals surface area contributed by atoms with Crippen LogP contribution in [0.2, 0.25) is 0 Å². The molecule has 0 heterocycles. The molecule has 0 aliphatic rings. The Balaban J connectivity index is 3.69. The van der Waals surface area contributed by atoms with Crippen molar-refractivity contribution in [2.24, 2.45) is 5.92 Å². The molecule has 0 aromatic rings. The second kappa shape index (κ2) is 8.06. The van der Waals surface area contributed by atoms with Gasteiger partial charge in [-0.25, -0.2) is 0 Å². The molecule has 0 aromatic carbocycles. The molecule has 0 aliphatic carbocycles. The zero-order valence-electron chi connectivity index (χ0n) is 11.2. The van der Waals surface area contributed by atoms with Crippen molar-refractivity contribution in [2.45, 2.75) is 46.8 Å². The molecule has 0 N–H and O–H groups in total. The van der Waals surface area contributed by atoms with E-state index in [-0.39, 0.29) is 36.7 Å². The third kappa shape index (κ3) is 8.68. The van der Waals surface area contributed by atoms with Gasteiger partial charge in [-0.1, -0.05) is 13.8 Å². The number of esters is 2. The van der Waals surface area contributed by atoms with E-state index in [1.54, 1.807) is 27.7 Å². The topological polar surface area (TPSA) is 61.8 Å². The predicted octanol–water partition coefficient (Wildman–Crippen LogP) is 1.54. The van der Waals surface area contributed by atoms with E-state index in [1.807, 2.05) is 0 Å². The fourth-order valence-electron chi connectivity index (χ4n) is 1.03. The first-order valence-electron chi connectivity index (χ1n) is 5.78. The minimum absolute atomic E-state index is 0.137. The summed E-state index contributed by atoms with van der Waals surface area (Å²) in [5, 5.41) is 0. The highest BCUT2D eigenvalue weighted by molar-refractivity contribution is 5.71. The van der Waals surface area contributed by atoms with Crippen LogP contribution in [-0.2, 0) is 23.8 Å². The Bertz CT molecular complexity index is 249. The van der Waals surface area contributed by atoms with E-state index in [1.165, 1.54) is 6.92 Å². The Kier molecular flexibility index (Phi) is 7.54. The maximum atomic E-state index is 11.2. The van der Waals surface area contributed by atoms with Gasteiger partial charge in [-0.3, -0.25) is 9.59 Å². The van der Waals surface area contributed by atoms with Gasteiger partial charge in [-0.2, -0.15) is 0 Å². The molecular formula is C12H22O5.